The van der Waals surface area contributed by atoms with Gasteiger partial charge in [0.15, 0.2) is 0 Å². The summed E-state index contributed by atoms with van der Waals surface area (Å²) in [6, 6.07) is 3.93. The van der Waals surface area contributed by atoms with Crippen molar-refractivity contribution in [2.45, 2.75) is 24.3 Å². The van der Waals surface area contributed by atoms with Gasteiger partial charge in [-0.25, -0.2) is 4.39 Å². The summed E-state index contributed by atoms with van der Waals surface area (Å²) >= 11 is 5.61. The molecule has 2 N–H and O–H groups in total. The highest BCUT2D eigenvalue weighted by Gasteiger charge is 2.12. The average molecular weight is 294 g/mol. The van der Waals surface area contributed by atoms with E-state index in [2.05, 4.69) is 5.32 Å². The fraction of sp³-hybridized carbons (Fsp3) is 0.500. The lowest BCUT2D eigenvalue weighted by Gasteiger charge is -2.11. The van der Waals surface area contributed by atoms with Gasteiger partial charge in [-0.2, -0.15) is 0 Å². The Bertz CT molecular complexity index is 417. The maximum Gasteiger partial charge on any atom is 0.141 e. The Morgan fingerprint density at radius 2 is 2.28 bits per heavy atom. The van der Waals surface area contributed by atoms with Gasteiger partial charge in [0.05, 0.1) is 27.7 Å². The molecule has 0 aliphatic heterocycles. The zero-order valence-corrected chi connectivity index (χ0v) is 11.7. The molecule has 1 aromatic rings. The van der Waals surface area contributed by atoms with Crippen LogP contribution >= 0.6 is 11.6 Å². The molecule has 2 atom stereocenters. The molecule has 0 fully saturated rings. The van der Waals surface area contributed by atoms with Gasteiger partial charge < -0.3 is 10.4 Å². The van der Waals surface area contributed by atoms with Crippen molar-refractivity contribution < 1.29 is 13.7 Å². The highest BCUT2D eigenvalue weighted by molar-refractivity contribution is 7.85. The third-order valence-corrected chi connectivity index (χ3v) is 4.06. The Hall–Kier alpha value is -0.490. The summed E-state index contributed by atoms with van der Waals surface area (Å²) in [7, 11) is -1.38. The summed E-state index contributed by atoms with van der Waals surface area (Å²) in [5.41, 5.74) is 0. The van der Waals surface area contributed by atoms with Crippen LogP contribution in [0.15, 0.2) is 23.1 Å². The molecule has 1 rings (SSSR count). The van der Waals surface area contributed by atoms with E-state index in [1.807, 2.05) is 6.92 Å². The van der Waals surface area contributed by atoms with Crippen LogP contribution in [0.5, 0.6) is 0 Å². The second-order valence-corrected chi connectivity index (χ2v) is 5.85. The summed E-state index contributed by atoms with van der Waals surface area (Å²) in [5.74, 6) is -0.429. The first-order valence-electron chi connectivity index (χ1n) is 5.76. The topological polar surface area (TPSA) is 49.3 Å². The van der Waals surface area contributed by atoms with Crippen molar-refractivity contribution in [2.75, 3.05) is 18.8 Å². The summed E-state index contributed by atoms with van der Waals surface area (Å²) in [4.78, 5) is 0.427. The number of rotatable bonds is 7. The van der Waals surface area contributed by atoms with Crippen LogP contribution in [-0.2, 0) is 10.8 Å². The number of halogens is 2. The minimum absolute atomic E-state index is 0.0561. The third kappa shape index (κ3) is 5.02. The Kier molecular flexibility index (Phi) is 6.78. The highest BCUT2D eigenvalue weighted by Crippen LogP contribution is 2.18. The zero-order chi connectivity index (χ0) is 13.5. The van der Waals surface area contributed by atoms with Crippen LogP contribution in [-0.4, -0.2) is 34.3 Å². The molecule has 6 heteroatoms. The van der Waals surface area contributed by atoms with Crippen LogP contribution < -0.4 is 5.32 Å². The van der Waals surface area contributed by atoms with Crippen molar-refractivity contribution >= 4 is 22.4 Å². The molecule has 0 heterocycles. The second kappa shape index (κ2) is 7.84. The maximum absolute atomic E-state index is 12.9. The van der Waals surface area contributed by atoms with Gasteiger partial charge in [-0.1, -0.05) is 18.5 Å². The van der Waals surface area contributed by atoms with Crippen LogP contribution in [0.3, 0.4) is 0 Å². The third-order valence-electron chi connectivity index (χ3n) is 2.30. The van der Waals surface area contributed by atoms with Crippen LogP contribution in [0.1, 0.15) is 13.3 Å². The summed E-state index contributed by atoms with van der Waals surface area (Å²) in [5, 5.41) is 12.7. The first-order valence-corrected chi connectivity index (χ1v) is 7.46. The molecule has 0 saturated carbocycles. The van der Waals surface area contributed by atoms with E-state index in [0.717, 1.165) is 13.0 Å². The molecule has 0 aliphatic rings. The lowest BCUT2D eigenvalue weighted by molar-refractivity contribution is 0.195. The fourth-order valence-electron chi connectivity index (χ4n) is 1.39. The van der Waals surface area contributed by atoms with E-state index in [0.29, 0.717) is 11.4 Å². The van der Waals surface area contributed by atoms with Gasteiger partial charge in [0.1, 0.15) is 5.82 Å². The fourth-order valence-corrected chi connectivity index (χ4v) is 2.77. The van der Waals surface area contributed by atoms with E-state index in [1.165, 1.54) is 18.2 Å². The minimum Gasteiger partial charge on any atom is -0.391 e. The first-order chi connectivity index (χ1) is 8.54. The highest BCUT2D eigenvalue weighted by atomic mass is 35.5. The summed E-state index contributed by atoms with van der Waals surface area (Å²) in [6.45, 7) is 3.23. The molecule has 1 aromatic carbocycles. The first kappa shape index (κ1) is 15.6. The predicted molar refractivity (Wildman–Crippen MR) is 71.9 cm³/mol. The van der Waals surface area contributed by atoms with Gasteiger partial charge in [0, 0.05) is 11.4 Å². The van der Waals surface area contributed by atoms with Gasteiger partial charge in [-0.05, 0) is 31.2 Å². The monoisotopic (exact) mass is 293 g/mol. The van der Waals surface area contributed by atoms with E-state index in [-0.39, 0.29) is 10.8 Å². The maximum atomic E-state index is 12.9. The molecule has 0 aromatic heterocycles. The van der Waals surface area contributed by atoms with E-state index < -0.39 is 22.7 Å². The van der Waals surface area contributed by atoms with Gasteiger partial charge in [-0.3, -0.25) is 4.21 Å². The van der Waals surface area contributed by atoms with Gasteiger partial charge in [0.25, 0.3) is 0 Å². The number of nitrogens with one attached hydrogen (secondary N) is 1. The molecular weight excluding hydrogens is 277 g/mol. The molecule has 102 valence electrons. The Morgan fingerprint density at radius 1 is 1.56 bits per heavy atom. The van der Waals surface area contributed by atoms with Crippen LogP contribution in [0.25, 0.3) is 0 Å². The Balaban J connectivity index is 2.51. The molecule has 0 aliphatic carbocycles. The molecule has 0 spiro atoms. The summed E-state index contributed by atoms with van der Waals surface area (Å²) < 4.78 is 24.8. The van der Waals surface area contributed by atoms with E-state index in [4.69, 9.17) is 11.6 Å². The zero-order valence-electron chi connectivity index (χ0n) is 10.2. The largest absolute Gasteiger partial charge is 0.391 e. The minimum atomic E-state index is -1.38. The van der Waals surface area contributed by atoms with Crippen LogP contribution in [0, 0.1) is 5.82 Å². The van der Waals surface area contributed by atoms with Gasteiger partial charge >= 0.3 is 0 Å². The van der Waals surface area contributed by atoms with Crippen molar-refractivity contribution in [1.29, 1.82) is 0 Å². The molecule has 0 radical (unpaired) electrons. The number of aliphatic hydroxyl groups is 1. The quantitative estimate of drug-likeness (QED) is 0.756. The number of hydrogen-bond acceptors (Lipinski definition) is 3. The molecular formula is C12H17ClFNO2S. The molecule has 0 saturated heterocycles. The molecule has 2 unspecified atom stereocenters. The number of hydrogen-bond donors (Lipinski definition) is 2. The van der Waals surface area contributed by atoms with Crippen LogP contribution in [0.2, 0.25) is 5.02 Å². The average Bonchev–Trinajstić information content (AvgIpc) is 2.33. The second-order valence-electron chi connectivity index (χ2n) is 3.95. The van der Waals surface area contributed by atoms with E-state index in [9.17, 15) is 13.7 Å². The van der Waals surface area contributed by atoms with Crippen molar-refractivity contribution in [2.24, 2.45) is 0 Å². The molecule has 3 nitrogen and oxygen atoms in total. The lowest BCUT2D eigenvalue weighted by atomic mass is 10.3. The lowest BCUT2D eigenvalue weighted by Crippen LogP contribution is -2.31. The van der Waals surface area contributed by atoms with Crippen LogP contribution in [0.4, 0.5) is 4.39 Å². The predicted octanol–water partition coefficient (Wildman–Crippen LogP) is 1.95. The Labute approximate surface area is 114 Å². The van der Waals surface area contributed by atoms with Crippen molar-refractivity contribution in [3.05, 3.63) is 29.0 Å². The van der Waals surface area contributed by atoms with Crippen molar-refractivity contribution in [3.63, 3.8) is 0 Å². The summed E-state index contributed by atoms with van der Waals surface area (Å²) in [6.07, 6.45) is 0.282. The number of benzene rings is 1. The van der Waals surface area contributed by atoms with Crippen molar-refractivity contribution in [3.8, 4) is 0 Å². The number of aliphatic hydroxyl groups excluding tert-OH is 1. The Morgan fingerprint density at radius 3 is 2.89 bits per heavy atom. The smallest absolute Gasteiger partial charge is 0.141 e. The SMILES string of the molecule is CCCNCC(O)CS(=O)c1ccc(F)c(Cl)c1. The normalized spacial score (nSPS) is 14.4. The van der Waals surface area contributed by atoms with Gasteiger partial charge in [0.2, 0.25) is 0 Å². The van der Waals surface area contributed by atoms with Crippen molar-refractivity contribution in [1.82, 2.24) is 5.32 Å². The molecule has 0 bridgehead atoms. The standard InChI is InChI=1S/C12H17ClFNO2S/c1-2-5-15-7-9(16)8-18(17)10-3-4-12(14)11(13)6-10/h3-4,6,9,15-16H,2,5,7-8H2,1H3. The van der Waals surface area contributed by atoms with Gasteiger partial charge in [-0.15, -0.1) is 0 Å². The van der Waals surface area contributed by atoms with E-state index >= 15 is 0 Å². The molecule has 18 heavy (non-hydrogen) atoms. The van der Waals surface area contributed by atoms with E-state index in [1.54, 1.807) is 0 Å². The molecule has 0 amide bonds.